The van der Waals surface area contributed by atoms with E-state index in [2.05, 4.69) is 25.3 Å². The molecule has 1 aromatic rings. The second-order valence-corrected chi connectivity index (χ2v) is 2.61. The molecule has 1 rings (SSSR count). The summed E-state index contributed by atoms with van der Waals surface area (Å²) in [7, 11) is 0. The van der Waals surface area contributed by atoms with Gasteiger partial charge in [-0.1, -0.05) is 12.2 Å². The van der Waals surface area contributed by atoms with Gasteiger partial charge in [0.15, 0.2) is 0 Å². The van der Waals surface area contributed by atoms with E-state index in [9.17, 15) is 0 Å². The quantitative estimate of drug-likeness (QED) is 0.588. The highest BCUT2D eigenvalue weighted by Crippen LogP contribution is 2.09. The summed E-state index contributed by atoms with van der Waals surface area (Å²) in [6.45, 7) is 7.41. The van der Waals surface area contributed by atoms with Gasteiger partial charge in [-0.25, -0.2) is 0 Å². The molecule has 0 heterocycles. The Labute approximate surface area is 74.2 Å². The zero-order valence-electron chi connectivity index (χ0n) is 7.14. The van der Waals surface area contributed by atoms with Crippen molar-refractivity contribution < 1.29 is 0 Å². The number of allylic oxidation sites excluding steroid dienone is 2. The fourth-order valence-corrected chi connectivity index (χ4v) is 1.13. The van der Waals surface area contributed by atoms with Crippen molar-refractivity contribution in [2.24, 2.45) is 0 Å². The minimum absolute atomic E-state index is 0.897. The average molecular weight is 156 g/mol. The largest absolute Gasteiger partial charge is 0.103 e. The molecule has 0 aliphatic rings. The summed E-state index contributed by atoms with van der Waals surface area (Å²) in [6.07, 6.45) is 5.59. The predicted octanol–water partition coefficient (Wildman–Crippen LogP) is 2.74. The normalized spacial score (nSPS) is 9.33. The van der Waals surface area contributed by atoms with Gasteiger partial charge in [0.2, 0.25) is 0 Å². The molecule has 0 saturated heterocycles. The molecule has 0 aromatic heterocycles. The summed E-state index contributed by atoms with van der Waals surface area (Å²) in [6, 6.07) is 9.79. The van der Waals surface area contributed by atoms with Gasteiger partial charge in [0.1, 0.15) is 0 Å². The predicted molar refractivity (Wildman–Crippen MR) is 51.9 cm³/mol. The van der Waals surface area contributed by atoms with E-state index in [-0.39, 0.29) is 0 Å². The lowest BCUT2D eigenvalue weighted by Crippen LogP contribution is -1.90. The van der Waals surface area contributed by atoms with E-state index < -0.39 is 0 Å². The average Bonchev–Trinajstić information content (AvgIpc) is 2.09. The molecule has 0 aliphatic heterocycles. The molecule has 0 fully saturated rings. The van der Waals surface area contributed by atoms with E-state index in [1.54, 1.807) is 0 Å². The fourth-order valence-electron chi connectivity index (χ4n) is 1.13. The highest BCUT2D eigenvalue weighted by atomic mass is 14.0. The van der Waals surface area contributed by atoms with Gasteiger partial charge in [-0.2, -0.15) is 0 Å². The highest BCUT2D eigenvalue weighted by Gasteiger charge is 1.96. The molecule has 1 aromatic carbocycles. The maximum absolute atomic E-state index is 3.71. The van der Waals surface area contributed by atoms with Crippen LogP contribution in [0.3, 0.4) is 0 Å². The molecule has 0 atom stereocenters. The lowest BCUT2D eigenvalue weighted by atomic mass is 10.0. The summed E-state index contributed by atoms with van der Waals surface area (Å²) >= 11 is 0. The molecule has 2 radical (unpaired) electrons. The van der Waals surface area contributed by atoms with Crippen molar-refractivity contribution in [3.05, 3.63) is 60.7 Å². The van der Waals surface area contributed by atoms with Gasteiger partial charge >= 0.3 is 0 Å². The molecular formula is C12H12. The Bertz CT molecular complexity index is 242. The molecule has 0 nitrogen and oxygen atoms in total. The first kappa shape index (κ1) is 8.79. The zero-order chi connectivity index (χ0) is 8.81. The molecule has 0 bridgehead atoms. The molecule has 0 amide bonds. The van der Waals surface area contributed by atoms with Crippen molar-refractivity contribution in [3.8, 4) is 0 Å². The van der Waals surface area contributed by atoms with E-state index in [1.165, 1.54) is 11.1 Å². The van der Waals surface area contributed by atoms with Crippen molar-refractivity contribution >= 4 is 0 Å². The smallest absolute Gasteiger partial charge is 0.00958 e. The molecule has 60 valence electrons. The van der Waals surface area contributed by atoms with Crippen LogP contribution in [0.25, 0.3) is 0 Å². The zero-order valence-corrected chi connectivity index (χ0v) is 7.14. The molecule has 0 spiro atoms. The Morgan fingerprint density at radius 1 is 1.00 bits per heavy atom. The Kier molecular flexibility index (Phi) is 3.34. The van der Waals surface area contributed by atoms with E-state index in [0.29, 0.717) is 0 Å². The first-order valence-electron chi connectivity index (χ1n) is 3.99. The number of hydrogen-bond acceptors (Lipinski definition) is 0. The van der Waals surface area contributed by atoms with Gasteiger partial charge in [0.05, 0.1) is 0 Å². The fraction of sp³-hybridized carbons (Fsp3) is 0.167. The molecule has 0 unspecified atom stereocenters. The van der Waals surface area contributed by atoms with Crippen molar-refractivity contribution in [3.63, 3.8) is 0 Å². The Hall–Kier alpha value is -1.30. The van der Waals surface area contributed by atoms with Crippen LogP contribution in [0.5, 0.6) is 0 Å². The van der Waals surface area contributed by atoms with Crippen LogP contribution in [0.15, 0.2) is 37.4 Å². The third kappa shape index (κ3) is 2.09. The number of benzene rings is 1. The van der Waals surface area contributed by atoms with Crippen LogP contribution in [0, 0.1) is 12.1 Å². The highest BCUT2D eigenvalue weighted by molar-refractivity contribution is 5.29. The molecule has 0 aliphatic carbocycles. The standard InChI is InChI=1S/C12H12/c1-3-7-11-9-5-6-10-12(11)8-4-2/h3-4,9-10H,1-2,7-8H2. The van der Waals surface area contributed by atoms with Gasteiger partial charge in [-0.05, 0) is 48.2 Å². The molecule has 0 heteroatoms. The SMILES string of the molecule is C=CCc1c[c][c]cc1CC=C. The summed E-state index contributed by atoms with van der Waals surface area (Å²) in [5.74, 6) is 0. The van der Waals surface area contributed by atoms with Crippen LogP contribution in [0.1, 0.15) is 11.1 Å². The van der Waals surface area contributed by atoms with Gasteiger partial charge in [0.25, 0.3) is 0 Å². The topological polar surface area (TPSA) is 0 Å². The van der Waals surface area contributed by atoms with Crippen LogP contribution < -0.4 is 0 Å². The van der Waals surface area contributed by atoms with Crippen LogP contribution in [-0.4, -0.2) is 0 Å². The lowest BCUT2D eigenvalue weighted by molar-refractivity contribution is 1.15. The van der Waals surface area contributed by atoms with Crippen LogP contribution in [0.4, 0.5) is 0 Å². The monoisotopic (exact) mass is 156 g/mol. The van der Waals surface area contributed by atoms with Crippen molar-refractivity contribution in [1.82, 2.24) is 0 Å². The minimum Gasteiger partial charge on any atom is -0.103 e. The summed E-state index contributed by atoms with van der Waals surface area (Å²) in [4.78, 5) is 0. The van der Waals surface area contributed by atoms with E-state index in [4.69, 9.17) is 0 Å². The molecule has 0 N–H and O–H groups in total. The lowest BCUT2D eigenvalue weighted by Gasteiger charge is -2.03. The second-order valence-electron chi connectivity index (χ2n) is 2.61. The third-order valence-electron chi connectivity index (χ3n) is 1.72. The van der Waals surface area contributed by atoms with Gasteiger partial charge < -0.3 is 0 Å². The van der Waals surface area contributed by atoms with Gasteiger partial charge in [-0.15, -0.1) is 13.2 Å². The summed E-state index contributed by atoms with van der Waals surface area (Å²) in [5, 5.41) is 0. The van der Waals surface area contributed by atoms with Gasteiger partial charge in [-0.3, -0.25) is 0 Å². The van der Waals surface area contributed by atoms with Crippen LogP contribution >= 0.6 is 0 Å². The van der Waals surface area contributed by atoms with Crippen molar-refractivity contribution in [2.45, 2.75) is 12.8 Å². The minimum atomic E-state index is 0.897. The second kappa shape index (κ2) is 4.55. The van der Waals surface area contributed by atoms with Crippen LogP contribution in [0.2, 0.25) is 0 Å². The van der Waals surface area contributed by atoms with E-state index in [1.807, 2.05) is 24.3 Å². The summed E-state index contributed by atoms with van der Waals surface area (Å²) in [5.41, 5.74) is 2.53. The molecular weight excluding hydrogens is 144 g/mol. The Morgan fingerprint density at radius 2 is 1.42 bits per heavy atom. The maximum Gasteiger partial charge on any atom is -0.00958 e. The van der Waals surface area contributed by atoms with Crippen LogP contribution in [-0.2, 0) is 12.8 Å². The van der Waals surface area contributed by atoms with Crippen molar-refractivity contribution in [1.29, 1.82) is 0 Å². The van der Waals surface area contributed by atoms with E-state index >= 15 is 0 Å². The van der Waals surface area contributed by atoms with Crippen molar-refractivity contribution in [2.75, 3.05) is 0 Å². The molecule has 0 saturated carbocycles. The number of rotatable bonds is 4. The Morgan fingerprint density at radius 3 is 1.75 bits per heavy atom. The third-order valence-corrected chi connectivity index (χ3v) is 1.72. The maximum atomic E-state index is 3.71. The first-order valence-corrected chi connectivity index (χ1v) is 3.99. The Balaban J connectivity index is 2.90. The first-order chi connectivity index (χ1) is 5.88. The summed E-state index contributed by atoms with van der Waals surface area (Å²) < 4.78 is 0. The van der Waals surface area contributed by atoms with E-state index in [0.717, 1.165) is 12.8 Å². The molecule has 12 heavy (non-hydrogen) atoms. The van der Waals surface area contributed by atoms with Gasteiger partial charge in [0, 0.05) is 0 Å². The number of hydrogen-bond donors (Lipinski definition) is 0.